The van der Waals surface area contributed by atoms with Crippen molar-refractivity contribution in [1.29, 1.82) is 5.26 Å². The topological polar surface area (TPSA) is 75.6 Å². The van der Waals surface area contributed by atoms with Crippen molar-refractivity contribution < 1.29 is 33.2 Å². The molecule has 4 heterocycles. The van der Waals surface area contributed by atoms with Crippen LogP contribution in [0.2, 0.25) is 0 Å². The lowest BCUT2D eigenvalue weighted by Crippen LogP contribution is -2.05. The Kier molecular flexibility index (Phi) is 6.71. The lowest BCUT2D eigenvalue weighted by molar-refractivity contribution is 0.669. The van der Waals surface area contributed by atoms with E-state index in [9.17, 15) is 23.1 Å². The van der Waals surface area contributed by atoms with Crippen LogP contribution in [0.3, 0.4) is 0 Å². The molecule has 0 aliphatic heterocycles. The van der Waals surface area contributed by atoms with Gasteiger partial charge in [0.2, 0.25) is 0 Å². The number of fused-ring (bicyclic) bond motifs is 3. The summed E-state index contributed by atoms with van der Waals surface area (Å²) in [5.41, 5.74) is -4.45. The fourth-order valence-corrected chi connectivity index (χ4v) is 7.90. The number of nitriles is 1. The predicted molar refractivity (Wildman–Crippen MR) is 260 cm³/mol. The summed E-state index contributed by atoms with van der Waals surface area (Å²) in [6, 6.07) is 30.2. The maximum Gasteiger partial charge on any atom is 0.144 e. The van der Waals surface area contributed by atoms with E-state index in [1.807, 2.05) is 6.07 Å². The van der Waals surface area contributed by atoms with Gasteiger partial charge >= 0.3 is 0 Å². The van der Waals surface area contributed by atoms with Crippen LogP contribution in [-0.4, -0.2) is 15.0 Å². The van der Waals surface area contributed by atoms with Crippen LogP contribution >= 0.6 is 0 Å². The van der Waals surface area contributed by atoms with E-state index in [0.29, 0.717) is 40.3 Å². The van der Waals surface area contributed by atoms with E-state index in [4.69, 9.17) is 15.4 Å². The van der Waals surface area contributed by atoms with Gasteiger partial charge in [-0.15, -0.1) is 0 Å². The Bertz CT molecular complexity index is 3980. The molecule has 0 radical (unpaired) electrons. The van der Waals surface area contributed by atoms with Gasteiger partial charge in [0.25, 0.3) is 0 Å². The summed E-state index contributed by atoms with van der Waals surface area (Å²) < 4.78 is 201. The largest absolute Gasteiger partial charge is 0.455 e. The minimum atomic E-state index is -3.54. The number of aryl methyl sites for hydroxylation is 8. The smallest absolute Gasteiger partial charge is 0.144 e. The standard InChI is InChI=1S/C59H52N4O/c1-39-28-55(46-14-5-3-6-15-46)61-36-48(39)24-20-41-30-42(21-25-49-37-62-56(29-40(49)2)47-16-7-4-8-17-47)32-43(31-41)22-26-50-38-63-57(34-54(50)45-12-9-10-13-45)53-19-11-18-52-51-27-23-44(35-60)33-58(51)64-59(52)53/h3-8,11,14-19,23,27-34,36-38,45H,9-10,12-13,20-22,24-26H2,1-2H3/i1D3,2D3,20D2,21D2,22D2,23D,24D2,25D2,26D2,33D,45D. The van der Waals surface area contributed by atoms with Crippen molar-refractivity contribution in [3.63, 3.8) is 0 Å². The second-order valence-corrected chi connectivity index (χ2v) is 15.4. The average molecular weight is 854 g/mol. The molecule has 9 aromatic rings. The highest BCUT2D eigenvalue weighted by atomic mass is 16.3. The summed E-state index contributed by atoms with van der Waals surface area (Å²) in [6.45, 7) is -6.20. The molecule has 1 aliphatic rings. The van der Waals surface area contributed by atoms with Crippen LogP contribution in [0.5, 0.6) is 0 Å². The van der Waals surface area contributed by atoms with Gasteiger partial charge in [0.05, 0.1) is 31.5 Å². The molecular weight excluding hydrogens is 781 g/mol. The molecule has 0 unspecified atom stereocenters. The summed E-state index contributed by atoms with van der Waals surface area (Å²) >= 11 is 0. The molecule has 1 fully saturated rings. The molecule has 64 heavy (non-hydrogen) atoms. The Labute approximate surface area is 406 Å². The van der Waals surface area contributed by atoms with Crippen LogP contribution in [0.1, 0.15) is 116 Å². The molecule has 1 aliphatic carbocycles. The third kappa shape index (κ3) is 8.74. The molecule has 314 valence electrons. The van der Waals surface area contributed by atoms with Gasteiger partial charge in [-0.1, -0.05) is 104 Å². The highest BCUT2D eigenvalue weighted by molar-refractivity contribution is 6.09. The van der Waals surface area contributed by atoms with Crippen molar-refractivity contribution in [1.82, 2.24) is 15.0 Å². The van der Waals surface area contributed by atoms with Gasteiger partial charge in [-0.3, -0.25) is 15.0 Å². The summed E-state index contributed by atoms with van der Waals surface area (Å²) in [5.74, 6) is -1.57. The maximum atomic E-state index is 9.91. The van der Waals surface area contributed by atoms with Crippen LogP contribution in [0.15, 0.2) is 156 Å². The average Bonchev–Trinajstić information content (AvgIpc) is 2.06. The van der Waals surface area contributed by atoms with Crippen LogP contribution in [0.25, 0.3) is 55.7 Å². The van der Waals surface area contributed by atoms with Gasteiger partial charge < -0.3 is 4.42 Å². The zero-order valence-electron chi connectivity index (χ0n) is 55.3. The number of pyridine rings is 3. The van der Waals surface area contributed by atoms with Gasteiger partial charge in [-0.05, 0) is 163 Å². The first kappa shape index (κ1) is 23.5. The van der Waals surface area contributed by atoms with Gasteiger partial charge in [0.15, 0.2) is 0 Å². The number of para-hydroxylation sites is 1. The Balaban J connectivity index is 1.17. The molecule has 5 aromatic carbocycles. The first-order chi connectivity index (χ1) is 39.6. The SMILES string of the molecule is [2H]c1cc2c(oc3c(-c4cc(C5([2H])CCCC5)c(C([2H])([2H])C([2H])([2H])c5cc(C([2H])([2H])C([2H])([2H])c6cnc(-c7ccccc7)cc6C([2H])([2H])[2H])cc(C([2H])([2H])C([2H])([2H])c6cnc(-c7ccccc7)cc6C([2H])([2H])[2H])c5)cn4)cccc32)c([2H])c1C#N. The molecule has 0 amide bonds. The monoisotopic (exact) mass is 854 g/mol. The quantitative estimate of drug-likeness (QED) is 0.115. The van der Waals surface area contributed by atoms with E-state index >= 15 is 0 Å². The number of benzene rings is 5. The number of furan rings is 1. The van der Waals surface area contributed by atoms with E-state index in [0.717, 1.165) is 48.9 Å². The Morgan fingerprint density at radius 1 is 0.641 bits per heavy atom. The van der Waals surface area contributed by atoms with Gasteiger partial charge in [0.1, 0.15) is 11.2 Å². The maximum absolute atomic E-state index is 9.91. The number of rotatable bonds is 13. The fourth-order valence-electron chi connectivity index (χ4n) is 7.90. The first-order valence-corrected chi connectivity index (χ1v) is 20.8. The molecule has 0 saturated heterocycles. The normalized spacial score (nSPS) is 20.0. The van der Waals surface area contributed by atoms with Crippen LogP contribution in [0.4, 0.5) is 0 Å². The summed E-state index contributed by atoms with van der Waals surface area (Å²) in [4.78, 5) is 13.3. The molecule has 0 atom stereocenters. The zero-order chi connectivity index (χ0) is 61.8. The highest BCUT2D eigenvalue weighted by Crippen LogP contribution is 2.40. The number of aromatic nitrogens is 3. The molecule has 5 nitrogen and oxygen atoms in total. The lowest BCUT2D eigenvalue weighted by Gasteiger charge is -2.18. The van der Waals surface area contributed by atoms with Crippen molar-refractivity contribution in [2.45, 2.75) is 83.5 Å². The summed E-state index contributed by atoms with van der Waals surface area (Å²) in [6.07, 6.45) is -16.6. The van der Waals surface area contributed by atoms with Crippen molar-refractivity contribution in [2.75, 3.05) is 0 Å². The highest BCUT2D eigenvalue weighted by Gasteiger charge is 2.23. The fraction of sp³-hybridized carbons (Fsp3) is 0.220. The van der Waals surface area contributed by atoms with Gasteiger partial charge in [-0.25, -0.2) is 0 Å². The molecule has 0 bridgehead atoms. The first-order valence-electron chi connectivity index (χ1n) is 31.3. The van der Waals surface area contributed by atoms with E-state index in [1.165, 1.54) is 12.1 Å². The lowest BCUT2D eigenvalue weighted by atomic mass is 9.89. The predicted octanol–water partition coefficient (Wildman–Crippen LogP) is 14.3. The second-order valence-electron chi connectivity index (χ2n) is 15.4. The van der Waals surface area contributed by atoms with E-state index < -0.39 is 102 Å². The van der Waals surface area contributed by atoms with Crippen LogP contribution in [-0.2, 0) is 38.2 Å². The van der Waals surface area contributed by atoms with Crippen molar-refractivity contribution in [2.24, 2.45) is 0 Å². The van der Waals surface area contributed by atoms with Crippen LogP contribution in [0, 0.1) is 25.0 Å². The number of hydrogen-bond acceptors (Lipinski definition) is 5. The minimum Gasteiger partial charge on any atom is -0.455 e. The Hall–Kier alpha value is -7.16. The van der Waals surface area contributed by atoms with Crippen LogP contribution < -0.4 is 0 Å². The number of hydrogen-bond donors (Lipinski definition) is 0. The summed E-state index contributed by atoms with van der Waals surface area (Å²) in [7, 11) is 0. The number of nitrogens with zero attached hydrogens (tertiary/aromatic N) is 4. The van der Waals surface area contributed by atoms with E-state index in [2.05, 4.69) is 15.0 Å². The molecule has 5 heteroatoms. The van der Waals surface area contributed by atoms with E-state index in [1.54, 1.807) is 78.9 Å². The van der Waals surface area contributed by atoms with Crippen molar-refractivity contribution in [3.8, 4) is 39.8 Å². The third-order valence-electron chi connectivity index (χ3n) is 11.1. The van der Waals surface area contributed by atoms with Crippen molar-refractivity contribution >= 4 is 21.9 Å². The molecule has 10 rings (SSSR count). The third-order valence-corrected chi connectivity index (χ3v) is 11.1. The minimum absolute atomic E-state index is 0.0135. The Morgan fingerprint density at radius 2 is 1.20 bits per heavy atom. The molecule has 4 aromatic heterocycles. The second kappa shape index (κ2) is 18.3. The van der Waals surface area contributed by atoms with E-state index in [-0.39, 0.29) is 64.3 Å². The molecule has 0 N–H and O–H groups in total. The van der Waals surface area contributed by atoms with Gasteiger partial charge in [0, 0.05) is 72.1 Å². The molecular formula is C59H52N4O. The molecule has 1 saturated carbocycles. The molecule has 0 spiro atoms. The van der Waals surface area contributed by atoms with Gasteiger partial charge in [-0.2, -0.15) is 5.26 Å². The zero-order valence-corrected chi connectivity index (χ0v) is 34.3. The van der Waals surface area contributed by atoms with Crippen molar-refractivity contribution in [3.05, 3.63) is 208 Å². The Morgan fingerprint density at radius 3 is 1.78 bits per heavy atom. The summed E-state index contributed by atoms with van der Waals surface area (Å²) in [5, 5.41) is 10.5.